The van der Waals surface area contributed by atoms with Crippen molar-refractivity contribution < 1.29 is 0 Å². The lowest BCUT2D eigenvalue weighted by Crippen LogP contribution is -2.24. The van der Waals surface area contributed by atoms with Crippen LogP contribution >= 0.6 is 11.3 Å². The lowest BCUT2D eigenvalue weighted by Gasteiger charge is -2.25. The molecule has 4 aromatic carbocycles. The maximum absolute atomic E-state index is 3.88. The molecule has 4 heterocycles. The second-order valence-electron chi connectivity index (χ2n) is 9.83. The summed E-state index contributed by atoms with van der Waals surface area (Å²) < 4.78 is 5.18. The van der Waals surface area contributed by atoms with Gasteiger partial charge in [-0.1, -0.05) is 72.8 Å². The Hall–Kier alpha value is -4.34. The molecule has 7 aromatic rings. The van der Waals surface area contributed by atoms with Gasteiger partial charge < -0.3 is 5.32 Å². The standard InChI is InChI=1S/C33H20N2S/c1-2-8-19(9-3-1)21-17-23-24-16-20-10-4-6-12-26(20)34-33(24)35-27-14-15-29-31(30(27)25(18-21)32(23)35)22-11-5-7-13-28(22)36-29/h1-18,26,34H. The summed E-state index contributed by atoms with van der Waals surface area (Å²) in [5, 5.41) is 10.6. The molecule has 1 atom stereocenters. The molecule has 3 aromatic heterocycles. The molecule has 3 heteroatoms. The van der Waals surface area contributed by atoms with E-state index < -0.39 is 0 Å². The maximum atomic E-state index is 3.88. The zero-order valence-corrected chi connectivity index (χ0v) is 20.1. The highest BCUT2D eigenvalue weighted by Crippen LogP contribution is 2.49. The number of benzene rings is 4. The van der Waals surface area contributed by atoms with Crippen molar-refractivity contribution in [2.45, 2.75) is 6.04 Å². The molecule has 1 aliphatic heterocycles. The van der Waals surface area contributed by atoms with Crippen LogP contribution in [-0.4, -0.2) is 10.4 Å². The third kappa shape index (κ3) is 2.31. The van der Waals surface area contributed by atoms with Crippen LogP contribution in [0, 0.1) is 0 Å². The SMILES string of the molecule is C1=CC2=Cc3c(n4c5ccc6sc7ccccc7c6c5c5cc(-c6ccccc6)cc3c54)NC2C=C1. The number of nitrogens with one attached hydrogen (secondary N) is 1. The molecule has 1 aliphatic carbocycles. The normalized spacial score (nSPS) is 16.8. The van der Waals surface area contributed by atoms with Crippen LogP contribution in [0.15, 0.2) is 109 Å². The minimum Gasteiger partial charge on any atom is -0.360 e. The number of nitrogens with zero attached hydrogens (tertiary/aromatic N) is 1. The molecule has 1 N–H and O–H groups in total. The van der Waals surface area contributed by atoms with Crippen LogP contribution in [0.3, 0.4) is 0 Å². The van der Waals surface area contributed by atoms with Crippen LogP contribution in [-0.2, 0) is 0 Å². The van der Waals surface area contributed by atoms with Crippen molar-refractivity contribution in [3.05, 3.63) is 114 Å². The minimum absolute atomic E-state index is 0.204. The molecule has 1 unspecified atom stereocenters. The zero-order valence-electron chi connectivity index (χ0n) is 19.3. The molecule has 0 saturated heterocycles. The van der Waals surface area contributed by atoms with Crippen LogP contribution in [0.2, 0.25) is 0 Å². The maximum Gasteiger partial charge on any atom is 0.119 e. The summed E-state index contributed by atoms with van der Waals surface area (Å²) in [6.07, 6.45) is 11.1. The number of anilines is 1. The van der Waals surface area contributed by atoms with Crippen LogP contribution < -0.4 is 5.32 Å². The molecule has 0 spiro atoms. The van der Waals surface area contributed by atoms with E-state index in [0.717, 1.165) is 0 Å². The first kappa shape index (κ1) is 18.9. The summed E-state index contributed by atoms with van der Waals surface area (Å²) in [6.45, 7) is 0. The Morgan fingerprint density at radius 3 is 2.53 bits per heavy atom. The fourth-order valence-corrected chi connectivity index (χ4v) is 7.48. The molecule has 2 nitrogen and oxygen atoms in total. The first-order valence-electron chi connectivity index (χ1n) is 12.4. The van der Waals surface area contributed by atoms with Crippen molar-refractivity contribution in [1.82, 2.24) is 4.40 Å². The van der Waals surface area contributed by atoms with E-state index in [-0.39, 0.29) is 6.04 Å². The van der Waals surface area contributed by atoms with Crippen molar-refractivity contribution in [2.75, 3.05) is 5.32 Å². The predicted octanol–water partition coefficient (Wildman–Crippen LogP) is 9.02. The predicted molar refractivity (Wildman–Crippen MR) is 156 cm³/mol. The van der Waals surface area contributed by atoms with Crippen molar-refractivity contribution in [1.29, 1.82) is 0 Å². The van der Waals surface area contributed by atoms with Gasteiger partial charge in [-0.25, -0.2) is 0 Å². The Morgan fingerprint density at radius 2 is 1.58 bits per heavy atom. The van der Waals surface area contributed by atoms with Gasteiger partial charge >= 0.3 is 0 Å². The topological polar surface area (TPSA) is 16.4 Å². The quantitative estimate of drug-likeness (QED) is 0.250. The summed E-state index contributed by atoms with van der Waals surface area (Å²) in [4.78, 5) is 0. The van der Waals surface area contributed by atoms with E-state index in [9.17, 15) is 0 Å². The van der Waals surface area contributed by atoms with Gasteiger partial charge in [0.1, 0.15) is 5.82 Å². The first-order chi connectivity index (χ1) is 17.8. The fraction of sp³-hybridized carbons (Fsp3) is 0.0303. The molecular weight excluding hydrogens is 456 g/mol. The Balaban J connectivity index is 1.52. The van der Waals surface area contributed by atoms with E-state index in [1.165, 1.54) is 75.4 Å². The summed E-state index contributed by atoms with van der Waals surface area (Å²) in [5.41, 5.74) is 7.71. The van der Waals surface area contributed by atoms with Gasteiger partial charge in [0.2, 0.25) is 0 Å². The van der Waals surface area contributed by atoms with Gasteiger partial charge in [-0.15, -0.1) is 11.3 Å². The summed E-state index contributed by atoms with van der Waals surface area (Å²) in [6, 6.07) is 29.3. The molecule has 9 rings (SSSR count). The average molecular weight is 477 g/mol. The van der Waals surface area contributed by atoms with Gasteiger partial charge in [-0.2, -0.15) is 0 Å². The Bertz CT molecular complexity index is 2120. The van der Waals surface area contributed by atoms with Crippen molar-refractivity contribution in [2.24, 2.45) is 0 Å². The summed E-state index contributed by atoms with van der Waals surface area (Å²) in [7, 11) is 0. The number of fused-ring (bicyclic) bond motifs is 11. The Morgan fingerprint density at radius 1 is 0.722 bits per heavy atom. The number of hydrogen-bond donors (Lipinski definition) is 1. The summed E-state index contributed by atoms with van der Waals surface area (Å²) >= 11 is 1.89. The molecule has 168 valence electrons. The highest BCUT2D eigenvalue weighted by molar-refractivity contribution is 7.26. The highest BCUT2D eigenvalue weighted by atomic mass is 32.1. The Labute approximate surface area is 211 Å². The van der Waals surface area contributed by atoms with Gasteiger partial charge in [0, 0.05) is 41.9 Å². The third-order valence-corrected chi connectivity index (χ3v) is 9.04. The van der Waals surface area contributed by atoms with E-state index in [0.29, 0.717) is 0 Å². The zero-order chi connectivity index (χ0) is 23.4. The molecule has 0 bridgehead atoms. The van der Waals surface area contributed by atoms with Gasteiger partial charge in [0.05, 0.1) is 17.1 Å². The summed E-state index contributed by atoms with van der Waals surface area (Å²) in [5.74, 6) is 1.20. The number of thiophene rings is 1. The van der Waals surface area contributed by atoms with Crippen LogP contribution in [0.4, 0.5) is 5.82 Å². The molecule has 0 radical (unpaired) electrons. The minimum atomic E-state index is 0.204. The number of allylic oxidation sites excluding steroid dienone is 2. The van der Waals surface area contributed by atoms with E-state index in [1.807, 2.05) is 11.3 Å². The second-order valence-corrected chi connectivity index (χ2v) is 10.9. The molecular formula is C33H20N2S. The number of aromatic nitrogens is 1. The lowest BCUT2D eigenvalue weighted by atomic mass is 9.93. The average Bonchev–Trinajstić information content (AvgIpc) is 3.58. The second kappa shape index (κ2) is 6.66. The number of rotatable bonds is 1. The van der Waals surface area contributed by atoms with Crippen LogP contribution in [0.25, 0.3) is 64.6 Å². The van der Waals surface area contributed by atoms with Gasteiger partial charge in [0.15, 0.2) is 0 Å². The Kier molecular flexibility index (Phi) is 3.50. The van der Waals surface area contributed by atoms with E-state index in [4.69, 9.17) is 0 Å². The van der Waals surface area contributed by atoms with Gasteiger partial charge in [-0.05, 0) is 53.1 Å². The highest BCUT2D eigenvalue weighted by Gasteiger charge is 2.28. The first-order valence-corrected chi connectivity index (χ1v) is 13.2. The molecule has 0 saturated carbocycles. The van der Waals surface area contributed by atoms with Gasteiger partial charge in [-0.3, -0.25) is 4.40 Å². The molecule has 0 fully saturated rings. The van der Waals surface area contributed by atoms with Crippen LogP contribution in [0.5, 0.6) is 0 Å². The van der Waals surface area contributed by atoms with Crippen molar-refractivity contribution >= 4 is 70.6 Å². The largest absolute Gasteiger partial charge is 0.360 e. The van der Waals surface area contributed by atoms with Crippen molar-refractivity contribution in [3.63, 3.8) is 0 Å². The fourth-order valence-electron chi connectivity index (χ4n) is 6.36. The smallest absolute Gasteiger partial charge is 0.119 e. The van der Waals surface area contributed by atoms with Crippen LogP contribution in [0.1, 0.15) is 5.56 Å². The van der Waals surface area contributed by atoms with Gasteiger partial charge in [0.25, 0.3) is 0 Å². The van der Waals surface area contributed by atoms with E-state index >= 15 is 0 Å². The molecule has 0 amide bonds. The number of hydrogen-bond acceptors (Lipinski definition) is 2. The molecule has 36 heavy (non-hydrogen) atoms. The third-order valence-electron chi connectivity index (χ3n) is 7.91. The van der Waals surface area contributed by atoms with E-state index in [1.54, 1.807) is 0 Å². The monoisotopic (exact) mass is 476 g/mol. The van der Waals surface area contributed by atoms with Crippen molar-refractivity contribution in [3.8, 4) is 11.1 Å². The molecule has 2 aliphatic rings. The lowest BCUT2D eigenvalue weighted by molar-refractivity contribution is 1.01. The van der Waals surface area contributed by atoms with E-state index in [2.05, 4.69) is 119 Å².